The first kappa shape index (κ1) is 16.5. The van der Waals surface area contributed by atoms with Gasteiger partial charge in [0.1, 0.15) is 12.6 Å². The van der Waals surface area contributed by atoms with Gasteiger partial charge < -0.3 is 20.3 Å². The summed E-state index contributed by atoms with van der Waals surface area (Å²) >= 11 is 0. The van der Waals surface area contributed by atoms with E-state index in [0.29, 0.717) is 26.2 Å². The molecule has 0 spiro atoms. The summed E-state index contributed by atoms with van der Waals surface area (Å²) in [5.41, 5.74) is 0. The van der Waals surface area contributed by atoms with Crippen LogP contribution in [0.2, 0.25) is 0 Å². The van der Waals surface area contributed by atoms with E-state index in [0.717, 1.165) is 6.54 Å². The molecular weight excluding hydrogens is 315 g/mol. The van der Waals surface area contributed by atoms with Crippen LogP contribution in [0.5, 0.6) is 5.75 Å². The molecular formula is C16H21FN4O3. The smallest absolute Gasteiger partial charge is 0.317 e. The molecule has 3 rings (SSSR count). The number of fused-ring (bicyclic) bond motifs is 1. The maximum absolute atomic E-state index is 13.4. The number of para-hydroxylation sites is 1. The summed E-state index contributed by atoms with van der Waals surface area (Å²) in [7, 11) is 0. The number of nitrogens with zero attached hydrogens (tertiary/aromatic N) is 2. The molecule has 1 unspecified atom stereocenters. The highest BCUT2D eigenvalue weighted by Gasteiger charge is 2.36. The van der Waals surface area contributed by atoms with Gasteiger partial charge in [0.2, 0.25) is 5.91 Å². The van der Waals surface area contributed by atoms with Crippen LogP contribution in [0.4, 0.5) is 9.18 Å². The van der Waals surface area contributed by atoms with Crippen molar-refractivity contribution in [3.8, 4) is 5.75 Å². The second kappa shape index (κ2) is 7.48. The van der Waals surface area contributed by atoms with Crippen molar-refractivity contribution in [3.05, 3.63) is 30.1 Å². The van der Waals surface area contributed by atoms with Gasteiger partial charge in [-0.1, -0.05) is 12.1 Å². The summed E-state index contributed by atoms with van der Waals surface area (Å²) < 4.78 is 18.7. The lowest BCUT2D eigenvalue weighted by Crippen LogP contribution is -2.65. The zero-order valence-electron chi connectivity index (χ0n) is 13.3. The third-order valence-corrected chi connectivity index (χ3v) is 4.25. The highest BCUT2D eigenvalue weighted by molar-refractivity contribution is 5.84. The van der Waals surface area contributed by atoms with Gasteiger partial charge in [0, 0.05) is 32.7 Å². The molecule has 2 heterocycles. The molecule has 2 N–H and O–H groups in total. The third kappa shape index (κ3) is 3.76. The maximum atomic E-state index is 13.4. The highest BCUT2D eigenvalue weighted by atomic mass is 19.1. The Hall–Kier alpha value is -2.35. The number of piperazine rings is 2. The van der Waals surface area contributed by atoms with E-state index in [2.05, 4.69) is 15.5 Å². The zero-order chi connectivity index (χ0) is 16.9. The molecule has 3 amide bonds. The molecule has 0 saturated carbocycles. The molecule has 0 radical (unpaired) electrons. The first-order valence-corrected chi connectivity index (χ1v) is 8.07. The largest absolute Gasteiger partial charge is 0.489 e. The predicted octanol–water partition coefficient (Wildman–Crippen LogP) is 0.0301. The minimum atomic E-state index is -0.428. The van der Waals surface area contributed by atoms with Gasteiger partial charge in [0.25, 0.3) is 0 Å². The van der Waals surface area contributed by atoms with Crippen LogP contribution < -0.4 is 15.4 Å². The lowest BCUT2D eigenvalue weighted by molar-refractivity contribution is -0.131. The molecule has 7 nitrogen and oxygen atoms in total. The summed E-state index contributed by atoms with van der Waals surface area (Å²) in [6.45, 7) is 3.59. The van der Waals surface area contributed by atoms with Gasteiger partial charge in [-0.25, -0.2) is 9.18 Å². The van der Waals surface area contributed by atoms with Crippen LogP contribution in [0.3, 0.4) is 0 Å². The van der Waals surface area contributed by atoms with Crippen LogP contribution in [0.25, 0.3) is 0 Å². The number of halogens is 1. The number of benzene rings is 1. The number of nitrogens with one attached hydrogen (secondary N) is 2. The maximum Gasteiger partial charge on any atom is 0.317 e. The van der Waals surface area contributed by atoms with Crippen molar-refractivity contribution >= 4 is 11.9 Å². The van der Waals surface area contributed by atoms with Gasteiger partial charge in [0.05, 0.1) is 6.54 Å². The Balaban J connectivity index is 1.42. The Morgan fingerprint density at radius 2 is 2.17 bits per heavy atom. The molecule has 2 aliphatic rings. The van der Waals surface area contributed by atoms with Gasteiger partial charge in [-0.2, -0.15) is 0 Å². The number of hydrogen-bond donors (Lipinski definition) is 2. The molecule has 2 saturated heterocycles. The average Bonchev–Trinajstić information content (AvgIpc) is 2.60. The Morgan fingerprint density at radius 1 is 1.33 bits per heavy atom. The first-order chi connectivity index (χ1) is 11.6. The highest BCUT2D eigenvalue weighted by Crippen LogP contribution is 2.15. The van der Waals surface area contributed by atoms with Crippen molar-refractivity contribution in [2.45, 2.75) is 6.04 Å². The van der Waals surface area contributed by atoms with Gasteiger partial charge in [-0.05, 0) is 12.1 Å². The normalized spacial score (nSPS) is 21.0. The van der Waals surface area contributed by atoms with Crippen LogP contribution in [-0.4, -0.2) is 73.7 Å². The number of carbonyl (C=O) groups is 2. The Morgan fingerprint density at radius 3 is 3.00 bits per heavy atom. The molecule has 0 bridgehead atoms. The SMILES string of the molecule is O=C1NCCN2CCN(C(=O)NCCOc3ccccc3F)CC12. The molecule has 0 aromatic heterocycles. The number of amides is 3. The van der Waals surface area contributed by atoms with E-state index in [1.54, 1.807) is 17.0 Å². The standard InChI is InChI=1S/C16H21FN4O3/c17-12-3-1-2-4-14(12)24-10-6-19-16(23)21-9-8-20-7-5-18-15(22)13(20)11-21/h1-4,13H,5-11H2,(H,18,22)(H,19,23). The predicted molar refractivity (Wildman–Crippen MR) is 85.2 cm³/mol. The van der Waals surface area contributed by atoms with Crippen molar-refractivity contribution in [2.75, 3.05) is 45.9 Å². The molecule has 1 aromatic carbocycles. The number of hydrogen-bond acceptors (Lipinski definition) is 4. The third-order valence-electron chi connectivity index (χ3n) is 4.25. The first-order valence-electron chi connectivity index (χ1n) is 8.07. The summed E-state index contributed by atoms with van der Waals surface area (Å²) in [5, 5.41) is 5.56. The average molecular weight is 336 g/mol. The van der Waals surface area contributed by atoms with Crippen LogP contribution in [-0.2, 0) is 4.79 Å². The molecule has 1 aromatic rings. The van der Waals surface area contributed by atoms with E-state index < -0.39 is 5.82 Å². The number of rotatable bonds is 4. The second-order valence-corrected chi connectivity index (χ2v) is 5.80. The molecule has 2 aliphatic heterocycles. The lowest BCUT2D eigenvalue weighted by Gasteiger charge is -2.42. The van der Waals surface area contributed by atoms with Crippen molar-refractivity contribution in [2.24, 2.45) is 0 Å². The lowest BCUT2D eigenvalue weighted by atomic mass is 10.1. The van der Waals surface area contributed by atoms with E-state index in [4.69, 9.17) is 4.74 Å². The second-order valence-electron chi connectivity index (χ2n) is 5.80. The molecule has 130 valence electrons. The monoisotopic (exact) mass is 336 g/mol. The molecule has 24 heavy (non-hydrogen) atoms. The Labute approximate surface area is 139 Å². The van der Waals surface area contributed by atoms with E-state index in [9.17, 15) is 14.0 Å². The summed E-state index contributed by atoms with van der Waals surface area (Å²) in [6.07, 6.45) is 0. The minimum absolute atomic E-state index is 0.0263. The number of carbonyl (C=O) groups excluding carboxylic acids is 2. The quantitative estimate of drug-likeness (QED) is 0.761. The molecule has 1 atom stereocenters. The Bertz CT molecular complexity index is 613. The molecule has 0 aliphatic carbocycles. The van der Waals surface area contributed by atoms with Gasteiger partial charge >= 0.3 is 6.03 Å². The van der Waals surface area contributed by atoms with E-state index in [1.165, 1.54) is 12.1 Å². The van der Waals surface area contributed by atoms with Crippen molar-refractivity contribution < 1.29 is 18.7 Å². The topological polar surface area (TPSA) is 73.9 Å². The van der Waals surface area contributed by atoms with Crippen molar-refractivity contribution in [1.29, 1.82) is 0 Å². The zero-order valence-corrected chi connectivity index (χ0v) is 13.3. The Kier molecular flexibility index (Phi) is 5.14. The fourth-order valence-electron chi connectivity index (χ4n) is 2.95. The summed E-state index contributed by atoms with van der Waals surface area (Å²) in [6, 6.07) is 5.63. The molecule has 8 heteroatoms. The fourth-order valence-corrected chi connectivity index (χ4v) is 2.95. The van der Waals surface area contributed by atoms with Gasteiger partial charge in [-0.15, -0.1) is 0 Å². The van der Waals surface area contributed by atoms with E-state index >= 15 is 0 Å². The van der Waals surface area contributed by atoms with Crippen LogP contribution in [0.1, 0.15) is 0 Å². The number of ether oxygens (including phenoxy) is 1. The van der Waals surface area contributed by atoms with Crippen LogP contribution in [0.15, 0.2) is 24.3 Å². The van der Waals surface area contributed by atoms with Crippen molar-refractivity contribution in [1.82, 2.24) is 20.4 Å². The fraction of sp³-hybridized carbons (Fsp3) is 0.500. The van der Waals surface area contributed by atoms with Crippen LogP contribution in [0, 0.1) is 5.82 Å². The summed E-state index contributed by atoms with van der Waals surface area (Å²) in [5.74, 6) is -0.288. The van der Waals surface area contributed by atoms with Gasteiger partial charge in [-0.3, -0.25) is 9.69 Å². The molecule has 2 fully saturated rings. The minimum Gasteiger partial charge on any atom is -0.489 e. The van der Waals surface area contributed by atoms with Crippen molar-refractivity contribution in [3.63, 3.8) is 0 Å². The van der Waals surface area contributed by atoms with E-state index in [1.807, 2.05) is 0 Å². The van der Waals surface area contributed by atoms with E-state index in [-0.39, 0.29) is 36.9 Å². The van der Waals surface area contributed by atoms with Crippen LogP contribution >= 0.6 is 0 Å². The summed E-state index contributed by atoms with van der Waals surface area (Å²) in [4.78, 5) is 27.8. The van der Waals surface area contributed by atoms with Gasteiger partial charge in [0.15, 0.2) is 11.6 Å². The number of urea groups is 1.